The molecule has 9 heteroatoms. The van der Waals surface area contributed by atoms with Crippen molar-refractivity contribution in [2.24, 2.45) is 5.92 Å². The Balaban J connectivity index is 1.35. The third-order valence-corrected chi connectivity index (χ3v) is 9.05. The van der Waals surface area contributed by atoms with Crippen LogP contribution < -0.4 is 11.1 Å². The zero-order valence-corrected chi connectivity index (χ0v) is 22.7. The Kier molecular flexibility index (Phi) is 7.44. The van der Waals surface area contributed by atoms with Crippen LogP contribution in [0.15, 0.2) is 30.5 Å². The number of nitrogen functional groups attached to an aromatic ring is 1. The molecule has 3 aromatic rings. The van der Waals surface area contributed by atoms with E-state index in [0.717, 1.165) is 62.0 Å². The van der Waals surface area contributed by atoms with E-state index in [0.29, 0.717) is 29.9 Å². The van der Waals surface area contributed by atoms with Crippen molar-refractivity contribution < 1.29 is 9.59 Å². The number of pyridine rings is 1. The highest BCUT2D eigenvalue weighted by atomic mass is 32.1. The summed E-state index contributed by atoms with van der Waals surface area (Å²) < 4.78 is 1.18. The van der Waals surface area contributed by atoms with Gasteiger partial charge in [0.1, 0.15) is 5.82 Å². The first kappa shape index (κ1) is 25.6. The number of nitrogens with one attached hydrogen (secondary N) is 1. The topological polar surface area (TPSA) is 104 Å². The summed E-state index contributed by atoms with van der Waals surface area (Å²) in [6.07, 6.45) is 5.61. The number of rotatable bonds is 4. The van der Waals surface area contributed by atoms with Gasteiger partial charge in [-0.3, -0.25) is 9.59 Å². The SMILES string of the molecule is CCN1CCC(c2nc3cc([C@H]4CC[C@H](C)CN4C(=O)C(=O)Nc4cnc(N)c(C)c4)ccc3s2)CC1. The van der Waals surface area contributed by atoms with Crippen LogP contribution >= 0.6 is 11.3 Å². The summed E-state index contributed by atoms with van der Waals surface area (Å²) >= 11 is 1.79. The quantitative estimate of drug-likeness (QED) is 0.483. The lowest BCUT2D eigenvalue weighted by atomic mass is 9.89. The molecule has 5 rings (SSSR count). The van der Waals surface area contributed by atoms with Crippen LogP contribution in [-0.4, -0.2) is 57.8 Å². The number of piperidine rings is 2. The Morgan fingerprint density at radius 3 is 2.68 bits per heavy atom. The zero-order valence-electron chi connectivity index (χ0n) is 21.9. The van der Waals surface area contributed by atoms with E-state index >= 15 is 0 Å². The second-order valence-corrected chi connectivity index (χ2v) is 11.6. The summed E-state index contributed by atoms with van der Waals surface area (Å²) in [6.45, 7) is 10.1. The minimum atomic E-state index is -0.652. The van der Waals surface area contributed by atoms with Crippen LogP contribution in [0, 0.1) is 12.8 Å². The van der Waals surface area contributed by atoms with Crippen LogP contribution in [0.4, 0.5) is 11.5 Å². The molecule has 2 atom stereocenters. The first-order valence-corrected chi connectivity index (χ1v) is 14.1. The van der Waals surface area contributed by atoms with E-state index in [2.05, 4.69) is 47.2 Å². The fraction of sp³-hybridized carbons (Fsp3) is 0.500. The maximum atomic E-state index is 13.4. The van der Waals surface area contributed by atoms with Crippen LogP contribution in [0.5, 0.6) is 0 Å². The van der Waals surface area contributed by atoms with Gasteiger partial charge >= 0.3 is 11.8 Å². The molecule has 8 nitrogen and oxygen atoms in total. The predicted molar refractivity (Wildman–Crippen MR) is 149 cm³/mol. The maximum Gasteiger partial charge on any atom is 0.313 e. The monoisotopic (exact) mass is 520 g/mol. The molecule has 37 heavy (non-hydrogen) atoms. The van der Waals surface area contributed by atoms with Gasteiger partial charge in [-0.1, -0.05) is 19.9 Å². The van der Waals surface area contributed by atoms with Crippen molar-refractivity contribution in [3.63, 3.8) is 0 Å². The van der Waals surface area contributed by atoms with Gasteiger partial charge in [-0.15, -0.1) is 11.3 Å². The van der Waals surface area contributed by atoms with Gasteiger partial charge in [0.25, 0.3) is 0 Å². The lowest BCUT2D eigenvalue weighted by molar-refractivity contribution is -0.146. The highest BCUT2D eigenvalue weighted by Gasteiger charge is 2.34. The van der Waals surface area contributed by atoms with Crippen molar-refractivity contribution in [1.29, 1.82) is 0 Å². The second kappa shape index (κ2) is 10.8. The minimum absolute atomic E-state index is 0.150. The standard InChI is InChI=1S/C28H36N6O2S/c1-4-33-11-9-19(10-12-33)27-32-22-14-20(6-8-24(22)37-27)23-7-5-17(2)16-34(23)28(36)26(35)31-21-13-18(3)25(29)30-15-21/h6,8,13-15,17,19,23H,4-5,7,9-12,16H2,1-3H3,(H2,29,30)(H,31,35)/t17-,23+/m0/s1. The summed E-state index contributed by atoms with van der Waals surface area (Å²) in [5.74, 6) is 0.0824. The Morgan fingerprint density at radius 1 is 1.16 bits per heavy atom. The van der Waals surface area contributed by atoms with Crippen molar-refractivity contribution in [2.75, 3.05) is 37.2 Å². The Labute approximate surface area is 222 Å². The summed E-state index contributed by atoms with van der Waals surface area (Å²) in [5, 5.41) is 3.93. The number of fused-ring (bicyclic) bond motifs is 1. The van der Waals surface area contributed by atoms with Crippen LogP contribution in [0.3, 0.4) is 0 Å². The second-order valence-electron chi connectivity index (χ2n) is 10.5. The number of aryl methyl sites for hydroxylation is 1. The van der Waals surface area contributed by atoms with Crippen molar-refractivity contribution in [3.05, 3.63) is 46.6 Å². The maximum absolute atomic E-state index is 13.4. The fourth-order valence-corrected chi connectivity index (χ4v) is 6.65. The molecule has 0 unspecified atom stereocenters. The smallest absolute Gasteiger partial charge is 0.313 e. The molecular weight excluding hydrogens is 484 g/mol. The number of anilines is 2. The minimum Gasteiger partial charge on any atom is -0.383 e. The fourth-order valence-electron chi connectivity index (χ4n) is 5.53. The molecular formula is C28H36N6O2S. The van der Waals surface area contributed by atoms with Gasteiger partial charge in [-0.25, -0.2) is 9.97 Å². The number of amides is 2. The number of thiazole rings is 1. The molecule has 2 fully saturated rings. The van der Waals surface area contributed by atoms with Crippen LogP contribution in [0.1, 0.15) is 67.6 Å². The normalized spacial score (nSPS) is 21.3. The largest absolute Gasteiger partial charge is 0.383 e. The number of hydrogen-bond acceptors (Lipinski definition) is 7. The summed E-state index contributed by atoms with van der Waals surface area (Å²) in [4.78, 5) is 39.7. The van der Waals surface area contributed by atoms with Crippen molar-refractivity contribution in [3.8, 4) is 0 Å². The molecule has 0 radical (unpaired) electrons. The summed E-state index contributed by atoms with van der Waals surface area (Å²) in [5.41, 5.74) is 9.04. The number of likely N-dealkylation sites (tertiary alicyclic amines) is 2. The molecule has 2 saturated heterocycles. The lowest BCUT2D eigenvalue weighted by Gasteiger charge is -2.38. The van der Waals surface area contributed by atoms with Crippen molar-refractivity contribution in [2.45, 2.75) is 58.4 Å². The molecule has 0 bridgehead atoms. The summed E-state index contributed by atoms with van der Waals surface area (Å²) in [7, 11) is 0. The van der Waals surface area contributed by atoms with Gasteiger partial charge in [0.2, 0.25) is 0 Å². The lowest BCUT2D eigenvalue weighted by Crippen LogP contribution is -2.46. The number of carbonyl (C=O) groups excluding carboxylic acids is 2. The number of nitrogens with two attached hydrogens (primary N) is 1. The van der Waals surface area contributed by atoms with E-state index in [1.165, 1.54) is 15.9 Å². The molecule has 2 aliphatic rings. The first-order chi connectivity index (χ1) is 17.8. The number of aromatic nitrogens is 2. The van der Waals surface area contributed by atoms with Gasteiger partial charge in [-0.2, -0.15) is 0 Å². The van der Waals surface area contributed by atoms with Crippen molar-refractivity contribution >= 4 is 44.9 Å². The average molecular weight is 521 g/mol. The number of hydrogen-bond donors (Lipinski definition) is 2. The van der Waals surface area contributed by atoms with Gasteiger partial charge < -0.3 is 20.9 Å². The third-order valence-electron chi connectivity index (χ3n) is 7.85. The van der Waals surface area contributed by atoms with E-state index < -0.39 is 11.8 Å². The number of nitrogens with zero attached hydrogens (tertiary/aromatic N) is 4. The molecule has 0 aliphatic carbocycles. The average Bonchev–Trinajstić information content (AvgIpc) is 3.34. The first-order valence-electron chi connectivity index (χ1n) is 13.3. The molecule has 2 aromatic heterocycles. The van der Waals surface area contributed by atoms with Gasteiger partial charge in [-0.05, 0) is 87.5 Å². The van der Waals surface area contributed by atoms with Crippen LogP contribution in [0.2, 0.25) is 0 Å². The Hall–Kier alpha value is -3.04. The Bertz CT molecular complexity index is 1300. The number of benzene rings is 1. The van der Waals surface area contributed by atoms with E-state index in [1.807, 2.05) is 6.92 Å². The zero-order chi connectivity index (χ0) is 26.1. The van der Waals surface area contributed by atoms with Crippen LogP contribution in [-0.2, 0) is 9.59 Å². The summed E-state index contributed by atoms with van der Waals surface area (Å²) in [6, 6.07) is 7.95. The highest BCUT2D eigenvalue weighted by molar-refractivity contribution is 7.18. The molecule has 2 aliphatic heterocycles. The van der Waals surface area contributed by atoms with Gasteiger partial charge in [0, 0.05) is 12.5 Å². The number of carbonyl (C=O) groups is 2. The van der Waals surface area contributed by atoms with E-state index in [-0.39, 0.29) is 6.04 Å². The van der Waals surface area contributed by atoms with Crippen molar-refractivity contribution in [1.82, 2.24) is 19.8 Å². The Morgan fingerprint density at radius 2 is 1.95 bits per heavy atom. The predicted octanol–water partition coefficient (Wildman–Crippen LogP) is 4.72. The third kappa shape index (κ3) is 5.48. The molecule has 1 aromatic carbocycles. The van der Waals surface area contributed by atoms with Crippen LogP contribution in [0.25, 0.3) is 10.2 Å². The molecule has 4 heterocycles. The molecule has 0 spiro atoms. The van der Waals surface area contributed by atoms with E-state index in [1.54, 1.807) is 22.3 Å². The molecule has 2 amide bonds. The van der Waals surface area contributed by atoms with E-state index in [4.69, 9.17) is 10.7 Å². The molecule has 196 valence electrons. The van der Waals surface area contributed by atoms with Gasteiger partial charge in [0.05, 0.1) is 33.2 Å². The molecule has 3 N–H and O–H groups in total. The van der Waals surface area contributed by atoms with E-state index in [9.17, 15) is 9.59 Å². The molecule has 0 saturated carbocycles. The van der Waals surface area contributed by atoms with Gasteiger partial charge in [0.15, 0.2) is 0 Å². The highest BCUT2D eigenvalue weighted by Crippen LogP contribution is 2.38.